The minimum atomic E-state index is -3.65. The molecule has 0 aliphatic carbocycles. The molecule has 0 aromatic heterocycles. The second-order valence-electron chi connectivity index (χ2n) is 4.54. The summed E-state index contributed by atoms with van der Waals surface area (Å²) in [6.07, 6.45) is 0. The van der Waals surface area contributed by atoms with Crippen LogP contribution in [0.4, 0.5) is 10.1 Å². The van der Waals surface area contributed by atoms with Crippen molar-refractivity contribution in [1.29, 1.82) is 0 Å². The Labute approximate surface area is 94.7 Å². The number of halogens is 1. The van der Waals surface area contributed by atoms with Gasteiger partial charge in [-0.05, 0) is 39.0 Å². The molecule has 4 nitrogen and oxygen atoms in total. The molecule has 0 saturated heterocycles. The van der Waals surface area contributed by atoms with E-state index in [1.54, 1.807) is 20.8 Å². The lowest BCUT2D eigenvalue weighted by molar-refractivity contribution is 0.491. The summed E-state index contributed by atoms with van der Waals surface area (Å²) in [7, 11) is -3.65. The van der Waals surface area contributed by atoms with Gasteiger partial charge in [-0.15, -0.1) is 0 Å². The Bertz CT molecular complexity index is 492. The number of hydrogen-bond acceptors (Lipinski definition) is 3. The fourth-order valence-electron chi connectivity index (χ4n) is 1.15. The molecule has 0 aliphatic rings. The Balaban J connectivity index is 3.13. The lowest BCUT2D eigenvalue weighted by Gasteiger charge is -2.20. The highest BCUT2D eigenvalue weighted by molar-refractivity contribution is 7.89. The van der Waals surface area contributed by atoms with E-state index in [9.17, 15) is 12.8 Å². The van der Waals surface area contributed by atoms with Crippen LogP contribution >= 0.6 is 0 Å². The number of benzene rings is 1. The average Bonchev–Trinajstić information content (AvgIpc) is 2.05. The van der Waals surface area contributed by atoms with E-state index in [0.717, 1.165) is 12.1 Å². The van der Waals surface area contributed by atoms with E-state index in [2.05, 4.69) is 4.72 Å². The fraction of sp³-hybridized carbons (Fsp3) is 0.400. The number of hydrogen-bond donors (Lipinski definition) is 2. The largest absolute Gasteiger partial charge is 0.396 e. The number of nitrogen functional groups attached to an aromatic ring is 1. The Kier molecular flexibility index (Phi) is 3.25. The van der Waals surface area contributed by atoms with Gasteiger partial charge >= 0.3 is 0 Å². The maximum absolute atomic E-state index is 12.9. The first-order chi connectivity index (χ1) is 7.12. The zero-order valence-corrected chi connectivity index (χ0v) is 10.2. The van der Waals surface area contributed by atoms with Crippen LogP contribution < -0.4 is 10.5 Å². The minimum Gasteiger partial charge on any atom is -0.396 e. The van der Waals surface area contributed by atoms with E-state index in [1.165, 1.54) is 6.07 Å². The van der Waals surface area contributed by atoms with Crippen LogP contribution in [0.1, 0.15) is 20.8 Å². The van der Waals surface area contributed by atoms with Crippen molar-refractivity contribution >= 4 is 15.7 Å². The van der Waals surface area contributed by atoms with Gasteiger partial charge in [-0.1, -0.05) is 0 Å². The van der Waals surface area contributed by atoms with E-state index in [0.29, 0.717) is 0 Å². The Hall–Kier alpha value is -1.14. The monoisotopic (exact) mass is 246 g/mol. The van der Waals surface area contributed by atoms with Gasteiger partial charge in [-0.3, -0.25) is 0 Å². The number of sulfonamides is 1. The molecule has 0 fully saturated rings. The molecule has 1 aromatic rings. The quantitative estimate of drug-likeness (QED) is 0.776. The first-order valence-electron chi connectivity index (χ1n) is 4.71. The first kappa shape index (κ1) is 12.9. The van der Waals surface area contributed by atoms with Gasteiger partial charge in [-0.25, -0.2) is 17.5 Å². The van der Waals surface area contributed by atoms with Crippen molar-refractivity contribution in [3.05, 3.63) is 24.0 Å². The van der Waals surface area contributed by atoms with Crippen LogP contribution in [-0.2, 0) is 10.0 Å². The van der Waals surface area contributed by atoms with Crippen molar-refractivity contribution < 1.29 is 12.8 Å². The van der Waals surface area contributed by atoms with Crippen LogP contribution in [-0.4, -0.2) is 14.0 Å². The van der Waals surface area contributed by atoms with Gasteiger partial charge in [0.1, 0.15) is 5.82 Å². The van der Waals surface area contributed by atoms with Crippen molar-refractivity contribution in [2.24, 2.45) is 0 Å². The van der Waals surface area contributed by atoms with E-state index in [-0.39, 0.29) is 10.6 Å². The second-order valence-corrected chi connectivity index (χ2v) is 6.22. The summed E-state index contributed by atoms with van der Waals surface area (Å²) in [6, 6.07) is 3.32. The molecular formula is C10H15FN2O2S. The second kappa shape index (κ2) is 4.03. The zero-order chi connectivity index (χ0) is 12.6. The van der Waals surface area contributed by atoms with E-state index in [4.69, 9.17) is 5.73 Å². The molecule has 0 amide bonds. The summed E-state index contributed by atoms with van der Waals surface area (Å²) in [6.45, 7) is 5.16. The highest BCUT2D eigenvalue weighted by atomic mass is 32.2. The summed E-state index contributed by atoms with van der Waals surface area (Å²) in [5.41, 5.74) is 4.54. The SMILES string of the molecule is CC(C)(C)NS(=O)(=O)c1ccc(F)c(N)c1. The van der Waals surface area contributed by atoms with Crippen LogP contribution in [0, 0.1) is 5.82 Å². The number of nitrogens with two attached hydrogens (primary N) is 1. The molecule has 0 saturated carbocycles. The van der Waals surface area contributed by atoms with Gasteiger partial charge < -0.3 is 5.73 Å². The zero-order valence-electron chi connectivity index (χ0n) is 9.41. The highest BCUT2D eigenvalue weighted by Gasteiger charge is 2.22. The lowest BCUT2D eigenvalue weighted by Crippen LogP contribution is -2.40. The molecule has 0 spiro atoms. The Morgan fingerprint density at radius 3 is 2.31 bits per heavy atom. The smallest absolute Gasteiger partial charge is 0.241 e. The van der Waals surface area contributed by atoms with Crippen LogP contribution in [0.2, 0.25) is 0 Å². The molecule has 0 atom stereocenters. The summed E-state index contributed by atoms with van der Waals surface area (Å²) in [5, 5.41) is 0. The summed E-state index contributed by atoms with van der Waals surface area (Å²) < 4.78 is 39.0. The molecule has 0 aliphatic heterocycles. The number of nitrogens with one attached hydrogen (secondary N) is 1. The molecule has 6 heteroatoms. The topological polar surface area (TPSA) is 72.2 Å². The van der Waals surface area contributed by atoms with Crippen LogP contribution in [0.5, 0.6) is 0 Å². The van der Waals surface area contributed by atoms with Gasteiger partial charge in [0.05, 0.1) is 10.6 Å². The summed E-state index contributed by atoms with van der Waals surface area (Å²) in [5.74, 6) is -0.630. The van der Waals surface area contributed by atoms with Crippen LogP contribution in [0.25, 0.3) is 0 Å². The number of anilines is 1. The molecule has 0 unspecified atom stereocenters. The van der Waals surface area contributed by atoms with Crippen molar-refractivity contribution in [3.8, 4) is 0 Å². The van der Waals surface area contributed by atoms with Crippen molar-refractivity contribution in [1.82, 2.24) is 4.72 Å². The van der Waals surface area contributed by atoms with E-state index >= 15 is 0 Å². The van der Waals surface area contributed by atoms with Crippen LogP contribution in [0.3, 0.4) is 0 Å². The van der Waals surface area contributed by atoms with Crippen LogP contribution in [0.15, 0.2) is 23.1 Å². The molecular weight excluding hydrogens is 231 g/mol. The Morgan fingerprint density at radius 1 is 1.31 bits per heavy atom. The predicted molar refractivity (Wildman–Crippen MR) is 60.9 cm³/mol. The third-order valence-corrected chi connectivity index (χ3v) is 3.47. The molecule has 0 radical (unpaired) electrons. The third kappa shape index (κ3) is 3.18. The molecule has 90 valence electrons. The van der Waals surface area contributed by atoms with E-state index in [1.807, 2.05) is 0 Å². The van der Waals surface area contributed by atoms with Crippen molar-refractivity contribution in [2.75, 3.05) is 5.73 Å². The molecule has 1 aromatic carbocycles. The maximum atomic E-state index is 12.9. The standard InChI is InChI=1S/C10H15FN2O2S/c1-10(2,3)13-16(14,15)7-4-5-8(11)9(12)6-7/h4-6,13H,12H2,1-3H3. The molecule has 0 heterocycles. The van der Waals surface area contributed by atoms with Gasteiger partial charge in [-0.2, -0.15) is 0 Å². The molecule has 0 bridgehead atoms. The number of rotatable bonds is 2. The average molecular weight is 246 g/mol. The minimum absolute atomic E-state index is 0.0404. The van der Waals surface area contributed by atoms with Gasteiger partial charge in [0.25, 0.3) is 0 Å². The maximum Gasteiger partial charge on any atom is 0.241 e. The van der Waals surface area contributed by atoms with Crippen molar-refractivity contribution in [3.63, 3.8) is 0 Å². The first-order valence-corrected chi connectivity index (χ1v) is 6.19. The Morgan fingerprint density at radius 2 is 1.88 bits per heavy atom. The molecule has 16 heavy (non-hydrogen) atoms. The van der Waals surface area contributed by atoms with Gasteiger partial charge in [0.2, 0.25) is 10.0 Å². The highest BCUT2D eigenvalue weighted by Crippen LogP contribution is 2.18. The van der Waals surface area contributed by atoms with Gasteiger partial charge in [0.15, 0.2) is 0 Å². The van der Waals surface area contributed by atoms with Gasteiger partial charge in [0, 0.05) is 5.54 Å². The van der Waals surface area contributed by atoms with E-state index < -0.39 is 21.4 Å². The lowest BCUT2D eigenvalue weighted by atomic mass is 10.1. The summed E-state index contributed by atoms with van der Waals surface area (Å²) >= 11 is 0. The normalized spacial score (nSPS) is 12.8. The fourth-order valence-corrected chi connectivity index (χ4v) is 2.60. The third-order valence-electron chi connectivity index (χ3n) is 1.72. The molecule has 1 rings (SSSR count). The molecule has 3 N–H and O–H groups in total. The summed E-state index contributed by atoms with van der Waals surface area (Å²) in [4.78, 5) is -0.0404. The predicted octanol–water partition coefficient (Wildman–Crippen LogP) is 1.48. The van der Waals surface area contributed by atoms with Crippen molar-refractivity contribution in [2.45, 2.75) is 31.2 Å².